The predicted molar refractivity (Wildman–Crippen MR) is 123 cm³/mol. The SMILES string of the molecule is O=C(C(c1ccccc1)N1CCS(=O)(=O)CC1)N1CCN(Cc2c(F)cccc2Cl)CC1. The summed E-state index contributed by atoms with van der Waals surface area (Å²) in [4.78, 5) is 19.5. The van der Waals surface area contributed by atoms with E-state index in [2.05, 4.69) is 4.90 Å². The molecule has 0 spiro atoms. The van der Waals surface area contributed by atoms with Gasteiger partial charge < -0.3 is 4.90 Å². The Morgan fingerprint density at radius 2 is 1.59 bits per heavy atom. The Hall–Kier alpha value is -2.00. The molecule has 1 amide bonds. The van der Waals surface area contributed by atoms with Crippen molar-refractivity contribution in [2.75, 3.05) is 50.8 Å². The zero-order valence-corrected chi connectivity index (χ0v) is 19.4. The van der Waals surface area contributed by atoms with Crippen LogP contribution in [0.15, 0.2) is 48.5 Å². The third kappa shape index (κ3) is 5.31. The summed E-state index contributed by atoms with van der Waals surface area (Å²) in [7, 11) is -3.04. The number of hydrogen-bond donors (Lipinski definition) is 0. The van der Waals surface area contributed by atoms with E-state index in [1.54, 1.807) is 12.1 Å². The molecule has 172 valence electrons. The monoisotopic (exact) mass is 479 g/mol. The first-order valence-electron chi connectivity index (χ1n) is 10.8. The Bertz CT molecular complexity index is 1030. The highest BCUT2D eigenvalue weighted by Crippen LogP contribution is 2.27. The minimum absolute atomic E-state index is 0.0147. The van der Waals surface area contributed by atoms with E-state index < -0.39 is 15.9 Å². The maximum Gasteiger partial charge on any atom is 0.244 e. The number of nitrogens with zero attached hydrogens (tertiary/aromatic N) is 3. The zero-order valence-electron chi connectivity index (χ0n) is 17.8. The highest BCUT2D eigenvalue weighted by atomic mass is 35.5. The average Bonchev–Trinajstić information content (AvgIpc) is 2.79. The molecule has 6 nitrogen and oxygen atoms in total. The van der Waals surface area contributed by atoms with E-state index >= 15 is 0 Å². The third-order valence-corrected chi connectivity index (χ3v) is 8.18. The van der Waals surface area contributed by atoms with Gasteiger partial charge in [0.25, 0.3) is 0 Å². The van der Waals surface area contributed by atoms with E-state index in [1.165, 1.54) is 6.07 Å². The van der Waals surface area contributed by atoms with Crippen LogP contribution in [0.1, 0.15) is 17.2 Å². The second kappa shape index (κ2) is 9.87. The van der Waals surface area contributed by atoms with E-state index in [-0.39, 0.29) is 23.2 Å². The maximum absolute atomic E-state index is 14.1. The first-order chi connectivity index (χ1) is 15.3. The summed E-state index contributed by atoms with van der Waals surface area (Å²) in [5, 5.41) is 0.410. The standard InChI is InChI=1S/C23H27ClFN3O3S/c24-20-7-4-8-21(25)19(20)17-26-9-11-28(12-10-26)23(29)22(18-5-2-1-3-6-18)27-13-15-32(30,31)16-14-27/h1-8,22H,9-17H2. The number of amides is 1. The first kappa shape index (κ1) is 23.2. The summed E-state index contributed by atoms with van der Waals surface area (Å²) in [5.41, 5.74) is 1.35. The van der Waals surface area contributed by atoms with E-state index in [1.807, 2.05) is 40.1 Å². The number of hydrogen-bond acceptors (Lipinski definition) is 5. The second-order valence-corrected chi connectivity index (χ2v) is 11.0. The lowest BCUT2D eigenvalue weighted by molar-refractivity contribution is -0.139. The topological polar surface area (TPSA) is 60.9 Å². The molecule has 0 saturated carbocycles. The molecule has 2 aliphatic rings. The van der Waals surface area contributed by atoms with Crippen molar-refractivity contribution >= 4 is 27.3 Å². The van der Waals surface area contributed by atoms with E-state index in [4.69, 9.17) is 11.6 Å². The van der Waals surface area contributed by atoms with Crippen LogP contribution in [-0.4, -0.2) is 79.8 Å². The maximum atomic E-state index is 14.1. The Morgan fingerprint density at radius 1 is 0.938 bits per heavy atom. The number of halogens is 2. The molecule has 9 heteroatoms. The van der Waals surface area contributed by atoms with Gasteiger partial charge in [-0.15, -0.1) is 0 Å². The van der Waals surface area contributed by atoms with Gasteiger partial charge in [0, 0.05) is 56.4 Å². The molecule has 2 saturated heterocycles. The van der Waals surface area contributed by atoms with Gasteiger partial charge in [0.1, 0.15) is 11.9 Å². The normalized spacial score (nSPS) is 20.8. The smallest absolute Gasteiger partial charge is 0.244 e. The Labute approximate surface area is 193 Å². The molecule has 32 heavy (non-hydrogen) atoms. The quantitative estimate of drug-likeness (QED) is 0.659. The minimum Gasteiger partial charge on any atom is -0.338 e. The summed E-state index contributed by atoms with van der Waals surface area (Å²) < 4.78 is 37.9. The van der Waals surface area contributed by atoms with Gasteiger partial charge in [-0.05, 0) is 17.7 Å². The Kier molecular flexibility index (Phi) is 7.14. The largest absolute Gasteiger partial charge is 0.338 e. The van der Waals surface area contributed by atoms with Gasteiger partial charge in [-0.1, -0.05) is 48.0 Å². The number of rotatable bonds is 5. The van der Waals surface area contributed by atoms with E-state index in [0.29, 0.717) is 56.4 Å². The summed E-state index contributed by atoms with van der Waals surface area (Å²) >= 11 is 6.16. The van der Waals surface area contributed by atoms with Crippen molar-refractivity contribution in [3.05, 3.63) is 70.5 Å². The highest BCUT2D eigenvalue weighted by molar-refractivity contribution is 7.91. The lowest BCUT2D eigenvalue weighted by Gasteiger charge is -2.40. The van der Waals surface area contributed by atoms with Gasteiger partial charge in [-0.3, -0.25) is 14.6 Å². The molecule has 1 atom stereocenters. The summed E-state index contributed by atoms with van der Waals surface area (Å²) in [6.07, 6.45) is 0. The summed E-state index contributed by atoms with van der Waals surface area (Å²) in [5.74, 6) is -0.194. The summed E-state index contributed by atoms with van der Waals surface area (Å²) in [6, 6.07) is 13.7. The molecule has 2 aromatic carbocycles. The lowest BCUT2D eigenvalue weighted by atomic mass is 10.0. The van der Waals surface area contributed by atoms with Crippen molar-refractivity contribution in [2.24, 2.45) is 0 Å². The lowest BCUT2D eigenvalue weighted by Crippen LogP contribution is -2.53. The van der Waals surface area contributed by atoms with Gasteiger partial charge in [-0.2, -0.15) is 0 Å². The average molecular weight is 480 g/mol. The van der Waals surface area contributed by atoms with Crippen molar-refractivity contribution < 1.29 is 17.6 Å². The number of benzene rings is 2. The highest BCUT2D eigenvalue weighted by Gasteiger charge is 2.35. The van der Waals surface area contributed by atoms with Crippen LogP contribution in [0.5, 0.6) is 0 Å². The van der Waals surface area contributed by atoms with Gasteiger partial charge >= 0.3 is 0 Å². The molecule has 2 aromatic rings. The van der Waals surface area contributed by atoms with Crippen LogP contribution in [0.3, 0.4) is 0 Å². The van der Waals surface area contributed by atoms with Crippen LogP contribution in [0.4, 0.5) is 4.39 Å². The molecule has 2 heterocycles. The predicted octanol–water partition coefficient (Wildman–Crippen LogP) is 2.59. The van der Waals surface area contributed by atoms with Crippen LogP contribution in [0.2, 0.25) is 5.02 Å². The van der Waals surface area contributed by atoms with Gasteiger partial charge in [0.15, 0.2) is 9.84 Å². The molecule has 1 unspecified atom stereocenters. The number of piperazine rings is 1. The fraction of sp³-hybridized carbons (Fsp3) is 0.435. The van der Waals surface area contributed by atoms with Crippen molar-refractivity contribution in [1.82, 2.24) is 14.7 Å². The molecular formula is C23H27ClFN3O3S. The zero-order chi connectivity index (χ0) is 22.7. The van der Waals surface area contributed by atoms with Crippen LogP contribution in [0, 0.1) is 5.82 Å². The van der Waals surface area contributed by atoms with Gasteiger partial charge in [0.2, 0.25) is 5.91 Å². The van der Waals surface area contributed by atoms with Gasteiger partial charge in [-0.25, -0.2) is 12.8 Å². The fourth-order valence-corrected chi connectivity index (χ4v) is 5.79. The van der Waals surface area contributed by atoms with Gasteiger partial charge in [0.05, 0.1) is 11.5 Å². The molecule has 0 aliphatic carbocycles. The van der Waals surface area contributed by atoms with Crippen LogP contribution >= 0.6 is 11.6 Å². The van der Waals surface area contributed by atoms with Crippen LogP contribution in [-0.2, 0) is 21.2 Å². The van der Waals surface area contributed by atoms with E-state index in [0.717, 1.165) is 5.56 Å². The molecular weight excluding hydrogens is 453 g/mol. The molecule has 0 bridgehead atoms. The number of carbonyl (C=O) groups excluding carboxylic acids is 1. The van der Waals surface area contributed by atoms with Crippen LogP contribution < -0.4 is 0 Å². The van der Waals surface area contributed by atoms with Crippen molar-refractivity contribution in [3.63, 3.8) is 0 Å². The molecule has 0 N–H and O–H groups in total. The van der Waals surface area contributed by atoms with Crippen molar-refractivity contribution in [2.45, 2.75) is 12.6 Å². The molecule has 4 rings (SSSR count). The Morgan fingerprint density at radius 3 is 2.22 bits per heavy atom. The second-order valence-electron chi connectivity index (χ2n) is 8.30. The molecule has 2 fully saturated rings. The van der Waals surface area contributed by atoms with Crippen molar-refractivity contribution in [3.8, 4) is 0 Å². The van der Waals surface area contributed by atoms with E-state index in [9.17, 15) is 17.6 Å². The first-order valence-corrected chi connectivity index (χ1v) is 13.0. The summed E-state index contributed by atoms with van der Waals surface area (Å²) in [6.45, 7) is 3.39. The molecule has 2 aliphatic heterocycles. The van der Waals surface area contributed by atoms with Crippen molar-refractivity contribution in [1.29, 1.82) is 0 Å². The minimum atomic E-state index is -3.04. The van der Waals surface area contributed by atoms with Crippen LogP contribution in [0.25, 0.3) is 0 Å². The molecule has 0 radical (unpaired) electrons. The fourth-order valence-electron chi connectivity index (χ4n) is 4.34. The number of carbonyl (C=O) groups is 1. The Balaban J connectivity index is 1.44. The third-order valence-electron chi connectivity index (χ3n) is 6.22. The number of sulfone groups is 1. The molecule has 0 aromatic heterocycles.